The highest BCUT2D eigenvalue weighted by atomic mass is 35.5. The smallest absolute Gasteiger partial charge is 0.330 e. The summed E-state index contributed by atoms with van der Waals surface area (Å²) in [6.45, 7) is 2.55. The second-order valence-electron chi connectivity index (χ2n) is 7.43. The molecule has 3 rings (SSSR count). The molecule has 6 nitrogen and oxygen atoms in total. The van der Waals surface area contributed by atoms with Gasteiger partial charge in [-0.1, -0.05) is 37.3 Å². The molecule has 0 unspecified atom stereocenters. The monoisotopic (exact) mass is 507 g/mol. The number of fused-ring (bicyclic) bond motifs is 1. The number of carbonyl (C=O) groups excluding carboxylic acids is 2. The lowest BCUT2D eigenvalue weighted by atomic mass is 10.1. The second-order valence-corrected chi connectivity index (χ2v) is 11.3. The summed E-state index contributed by atoms with van der Waals surface area (Å²) >= 11 is 7.20. The zero-order chi connectivity index (χ0) is 24.0. The molecular formula is C24H27ClNO5PS. The quantitative estimate of drug-likeness (QED) is 0.0729. The first-order valence-electron chi connectivity index (χ1n) is 10.6. The van der Waals surface area contributed by atoms with E-state index in [1.807, 2.05) is 55.5 Å². The first kappa shape index (κ1) is 25.7. The molecule has 176 valence electrons. The summed E-state index contributed by atoms with van der Waals surface area (Å²) < 4.78 is 24.2. The van der Waals surface area contributed by atoms with Gasteiger partial charge in [-0.3, -0.25) is 14.2 Å². The van der Waals surface area contributed by atoms with Crippen LogP contribution >= 0.6 is 31.0 Å². The zero-order valence-electron chi connectivity index (χ0n) is 18.9. The molecule has 1 aromatic heterocycles. The molecule has 0 radical (unpaired) electrons. The van der Waals surface area contributed by atoms with Gasteiger partial charge in [-0.25, -0.2) is 0 Å². The highest BCUT2D eigenvalue weighted by Gasteiger charge is 2.26. The van der Waals surface area contributed by atoms with Crippen LogP contribution in [0, 0.1) is 0 Å². The molecule has 0 amide bonds. The van der Waals surface area contributed by atoms with Gasteiger partial charge in [0.25, 0.3) is 5.24 Å². The van der Waals surface area contributed by atoms with Crippen LogP contribution in [0.1, 0.15) is 35.0 Å². The topological polar surface area (TPSA) is 74.6 Å². The molecule has 0 aliphatic heterocycles. The maximum atomic E-state index is 12.8. The van der Waals surface area contributed by atoms with Gasteiger partial charge >= 0.3 is 7.60 Å². The number of carbonyl (C=O) groups is 2. The fourth-order valence-electron chi connectivity index (χ4n) is 3.85. The van der Waals surface area contributed by atoms with Gasteiger partial charge in [-0.2, -0.15) is 0 Å². The molecular weight excluding hydrogens is 481 g/mol. The van der Waals surface area contributed by atoms with Gasteiger partial charge in [0.15, 0.2) is 0 Å². The number of rotatable bonds is 12. The maximum Gasteiger partial charge on any atom is 0.330 e. The molecule has 0 saturated heterocycles. The van der Waals surface area contributed by atoms with Crippen molar-refractivity contribution in [1.29, 1.82) is 0 Å². The van der Waals surface area contributed by atoms with Crippen LogP contribution in [0.4, 0.5) is 0 Å². The molecule has 0 N–H and O–H groups in total. The SMILES string of the molecule is CCc1c(C(=O)C(=O)Cl)c2cc(SCCCP(=O)(OC)OC)ccc2n1Cc1ccccc1. The van der Waals surface area contributed by atoms with Crippen molar-refractivity contribution in [3.05, 3.63) is 65.4 Å². The number of nitrogens with zero attached hydrogens (tertiary/aromatic N) is 1. The van der Waals surface area contributed by atoms with Crippen molar-refractivity contribution in [3.63, 3.8) is 0 Å². The van der Waals surface area contributed by atoms with Crippen LogP contribution in [-0.4, -0.2) is 41.7 Å². The third-order valence-corrected chi connectivity index (χ3v) is 8.70. The van der Waals surface area contributed by atoms with E-state index < -0.39 is 18.6 Å². The van der Waals surface area contributed by atoms with E-state index in [0.717, 1.165) is 21.7 Å². The number of aromatic nitrogens is 1. The highest BCUT2D eigenvalue weighted by molar-refractivity contribution is 7.99. The Kier molecular flexibility index (Phi) is 8.96. The summed E-state index contributed by atoms with van der Waals surface area (Å²) in [5.41, 5.74) is 3.13. The number of halogens is 1. The summed E-state index contributed by atoms with van der Waals surface area (Å²) in [7, 11) is -0.263. The minimum Gasteiger partial charge on any atom is -0.339 e. The first-order valence-corrected chi connectivity index (χ1v) is 13.7. The summed E-state index contributed by atoms with van der Waals surface area (Å²) in [4.78, 5) is 25.6. The number of hydrogen-bond acceptors (Lipinski definition) is 6. The zero-order valence-corrected chi connectivity index (χ0v) is 21.3. The van der Waals surface area contributed by atoms with Gasteiger partial charge in [-0.05, 0) is 54.0 Å². The Labute approximate surface area is 203 Å². The van der Waals surface area contributed by atoms with Crippen molar-refractivity contribution in [3.8, 4) is 0 Å². The molecule has 0 spiro atoms. The Bertz CT molecular complexity index is 1190. The molecule has 3 aromatic rings. The fraction of sp³-hybridized carbons (Fsp3) is 0.333. The Morgan fingerprint density at radius 3 is 2.39 bits per heavy atom. The average Bonchev–Trinajstić information content (AvgIpc) is 3.14. The van der Waals surface area contributed by atoms with E-state index >= 15 is 0 Å². The van der Waals surface area contributed by atoms with Crippen molar-refractivity contribution >= 4 is 52.9 Å². The van der Waals surface area contributed by atoms with Crippen LogP contribution in [0.3, 0.4) is 0 Å². The Morgan fingerprint density at radius 1 is 1.09 bits per heavy atom. The van der Waals surface area contributed by atoms with Crippen molar-refractivity contribution in [2.75, 3.05) is 26.1 Å². The molecule has 9 heteroatoms. The van der Waals surface area contributed by atoms with Crippen LogP contribution in [0.15, 0.2) is 53.4 Å². The number of hydrogen-bond donors (Lipinski definition) is 0. The van der Waals surface area contributed by atoms with E-state index in [1.165, 1.54) is 14.2 Å². The average molecular weight is 508 g/mol. The molecule has 0 saturated carbocycles. The molecule has 0 atom stereocenters. The Hall–Kier alpha value is -1.89. The van der Waals surface area contributed by atoms with Crippen LogP contribution in [0.5, 0.6) is 0 Å². The van der Waals surface area contributed by atoms with Crippen molar-refractivity contribution in [2.24, 2.45) is 0 Å². The van der Waals surface area contributed by atoms with Crippen LogP contribution in [0.2, 0.25) is 0 Å². The van der Waals surface area contributed by atoms with E-state index in [-0.39, 0.29) is 0 Å². The van der Waals surface area contributed by atoms with Crippen LogP contribution in [-0.2, 0) is 31.4 Å². The number of ketones is 1. The van der Waals surface area contributed by atoms with Gasteiger partial charge in [-0.15, -0.1) is 11.8 Å². The van der Waals surface area contributed by atoms with E-state index in [4.69, 9.17) is 20.6 Å². The van der Waals surface area contributed by atoms with Gasteiger partial charge in [0.1, 0.15) is 0 Å². The molecule has 33 heavy (non-hydrogen) atoms. The minimum atomic E-state index is -3.03. The molecule has 0 aliphatic carbocycles. The third-order valence-electron chi connectivity index (χ3n) is 5.47. The van der Waals surface area contributed by atoms with Crippen LogP contribution in [0.25, 0.3) is 10.9 Å². The van der Waals surface area contributed by atoms with E-state index in [1.54, 1.807) is 11.8 Å². The summed E-state index contributed by atoms with van der Waals surface area (Å²) in [6.07, 6.45) is 1.55. The number of benzene rings is 2. The van der Waals surface area contributed by atoms with Gasteiger partial charge in [0.05, 0.1) is 11.7 Å². The van der Waals surface area contributed by atoms with Gasteiger partial charge in [0.2, 0.25) is 5.78 Å². The van der Waals surface area contributed by atoms with Gasteiger partial charge in [0, 0.05) is 42.3 Å². The second kappa shape index (κ2) is 11.5. The largest absolute Gasteiger partial charge is 0.339 e. The van der Waals surface area contributed by atoms with Crippen molar-refractivity contribution < 1.29 is 23.2 Å². The first-order chi connectivity index (χ1) is 15.8. The lowest BCUT2D eigenvalue weighted by Gasteiger charge is -2.13. The maximum absolute atomic E-state index is 12.8. The Balaban J connectivity index is 1.95. The number of Topliss-reactive ketones (excluding diaryl/α,β-unsaturated/α-hetero) is 1. The number of thioether (sulfide) groups is 1. The lowest BCUT2D eigenvalue weighted by Crippen LogP contribution is -2.12. The lowest BCUT2D eigenvalue weighted by molar-refractivity contribution is -0.108. The standard InChI is InChI=1S/C24H27ClNO5PS/c1-4-20-22(23(27)24(25)28)19-15-18(33-14-8-13-32(29,30-2)31-3)11-12-21(19)26(20)16-17-9-6-5-7-10-17/h5-7,9-12,15H,4,8,13-14,16H2,1-3H3. The third kappa shape index (κ3) is 5.97. The summed E-state index contributed by atoms with van der Waals surface area (Å²) in [5.74, 6) is 0.0132. The predicted molar refractivity (Wildman–Crippen MR) is 134 cm³/mol. The van der Waals surface area contributed by atoms with Crippen molar-refractivity contribution in [1.82, 2.24) is 4.57 Å². The Morgan fingerprint density at radius 2 is 1.79 bits per heavy atom. The summed E-state index contributed by atoms with van der Waals surface area (Å²) in [6, 6.07) is 15.9. The van der Waals surface area contributed by atoms with E-state index in [9.17, 15) is 14.2 Å². The molecule has 0 aliphatic rings. The highest BCUT2D eigenvalue weighted by Crippen LogP contribution is 2.47. The van der Waals surface area contributed by atoms with Gasteiger partial charge < -0.3 is 13.6 Å². The van der Waals surface area contributed by atoms with E-state index in [2.05, 4.69) is 4.57 Å². The molecule has 2 aromatic carbocycles. The normalized spacial score (nSPS) is 11.8. The summed E-state index contributed by atoms with van der Waals surface area (Å²) in [5, 5.41) is -0.275. The van der Waals surface area contributed by atoms with Crippen LogP contribution < -0.4 is 0 Å². The molecule has 0 fully saturated rings. The predicted octanol–water partition coefficient (Wildman–Crippen LogP) is 6.17. The molecule has 1 heterocycles. The minimum absolute atomic E-state index is 0.327. The molecule has 0 bridgehead atoms. The fourth-order valence-corrected chi connectivity index (χ4v) is 6.11. The van der Waals surface area contributed by atoms with E-state index in [0.29, 0.717) is 42.3 Å². The van der Waals surface area contributed by atoms with Crippen molar-refractivity contribution in [2.45, 2.75) is 31.2 Å².